The van der Waals surface area contributed by atoms with Crippen LogP contribution in [-0.4, -0.2) is 33.6 Å². The Morgan fingerprint density at radius 3 is 2.50 bits per heavy atom. The second-order valence-corrected chi connectivity index (χ2v) is 7.29. The maximum atomic E-state index is 11.1. The van der Waals surface area contributed by atoms with Gasteiger partial charge in [-0.3, -0.25) is 4.79 Å². The van der Waals surface area contributed by atoms with Gasteiger partial charge in [0.05, 0.1) is 6.42 Å². The van der Waals surface area contributed by atoms with Crippen molar-refractivity contribution in [2.45, 2.75) is 57.9 Å². The molecule has 0 aliphatic heterocycles. The summed E-state index contributed by atoms with van der Waals surface area (Å²) in [6.07, 6.45) is 6.49. The molecule has 0 amide bonds. The van der Waals surface area contributed by atoms with Crippen molar-refractivity contribution in [1.29, 1.82) is 0 Å². The first-order valence-corrected chi connectivity index (χ1v) is 9.46. The van der Waals surface area contributed by atoms with Gasteiger partial charge < -0.3 is 10.0 Å². The number of aliphatic carboxylic acids is 1. The van der Waals surface area contributed by atoms with Crippen molar-refractivity contribution in [2.75, 3.05) is 11.4 Å². The second kappa shape index (κ2) is 8.30. The molecule has 0 saturated heterocycles. The molecular weight excluding hydrogens is 326 g/mol. The SMILES string of the molecule is CC(C)c1ccc(-c2nccc(N(CCC(=O)O)C3CCCC3)n2)cc1. The molecule has 1 heterocycles. The van der Waals surface area contributed by atoms with Crippen LogP contribution in [0.1, 0.15) is 57.4 Å². The van der Waals surface area contributed by atoms with E-state index in [-0.39, 0.29) is 6.42 Å². The van der Waals surface area contributed by atoms with Crippen molar-refractivity contribution < 1.29 is 9.90 Å². The van der Waals surface area contributed by atoms with E-state index in [1.165, 1.54) is 18.4 Å². The number of hydrogen-bond acceptors (Lipinski definition) is 4. The molecule has 3 rings (SSSR count). The molecule has 2 aromatic rings. The fourth-order valence-electron chi connectivity index (χ4n) is 3.58. The lowest BCUT2D eigenvalue weighted by atomic mass is 10.0. The van der Waals surface area contributed by atoms with Crippen LogP contribution in [-0.2, 0) is 4.79 Å². The predicted octanol–water partition coefficient (Wildman–Crippen LogP) is 4.49. The van der Waals surface area contributed by atoms with Crippen molar-refractivity contribution in [1.82, 2.24) is 9.97 Å². The first-order chi connectivity index (χ1) is 12.5. The average Bonchev–Trinajstić information content (AvgIpc) is 3.16. The lowest BCUT2D eigenvalue weighted by Gasteiger charge is -2.29. The minimum absolute atomic E-state index is 0.124. The van der Waals surface area contributed by atoms with E-state index in [4.69, 9.17) is 10.1 Å². The third-order valence-electron chi connectivity index (χ3n) is 5.10. The molecular formula is C21H27N3O2. The van der Waals surface area contributed by atoms with Gasteiger partial charge in [0.15, 0.2) is 5.82 Å². The van der Waals surface area contributed by atoms with E-state index in [1.807, 2.05) is 6.07 Å². The molecule has 0 atom stereocenters. The molecule has 138 valence electrons. The molecule has 26 heavy (non-hydrogen) atoms. The molecule has 1 aromatic heterocycles. The minimum atomic E-state index is -0.772. The smallest absolute Gasteiger partial charge is 0.305 e. The van der Waals surface area contributed by atoms with Gasteiger partial charge in [0.1, 0.15) is 5.82 Å². The zero-order chi connectivity index (χ0) is 18.5. The third kappa shape index (κ3) is 4.40. The van der Waals surface area contributed by atoms with Gasteiger partial charge in [0.2, 0.25) is 0 Å². The van der Waals surface area contributed by atoms with Crippen molar-refractivity contribution >= 4 is 11.8 Å². The molecule has 1 aliphatic rings. The maximum absolute atomic E-state index is 11.1. The van der Waals surface area contributed by atoms with Gasteiger partial charge in [-0.05, 0) is 30.4 Å². The minimum Gasteiger partial charge on any atom is -0.481 e. The summed E-state index contributed by atoms with van der Waals surface area (Å²) in [5, 5.41) is 9.10. The zero-order valence-corrected chi connectivity index (χ0v) is 15.6. The van der Waals surface area contributed by atoms with Gasteiger partial charge in [0, 0.05) is 24.3 Å². The molecule has 1 aliphatic carbocycles. The monoisotopic (exact) mass is 353 g/mol. The lowest BCUT2D eigenvalue weighted by Crippen LogP contribution is -2.35. The van der Waals surface area contributed by atoms with E-state index < -0.39 is 5.97 Å². The Bertz CT molecular complexity index is 737. The van der Waals surface area contributed by atoms with Crippen LogP contribution in [0.2, 0.25) is 0 Å². The molecule has 0 bridgehead atoms. The van der Waals surface area contributed by atoms with Gasteiger partial charge in [-0.25, -0.2) is 9.97 Å². The topological polar surface area (TPSA) is 66.3 Å². The number of nitrogens with zero attached hydrogens (tertiary/aromatic N) is 3. The first kappa shape index (κ1) is 18.4. The standard InChI is InChI=1S/C21H27N3O2/c1-15(2)16-7-9-17(10-8-16)21-22-13-11-19(23-21)24(14-12-20(25)26)18-5-3-4-6-18/h7-11,13,15,18H,3-6,12,14H2,1-2H3,(H,25,26). The highest BCUT2D eigenvalue weighted by atomic mass is 16.4. The summed E-state index contributed by atoms with van der Waals surface area (Å²) in [4.78, 5) is 22.4. The van der Waals surface area contributed by atoms with E-state index in [0.717, 1.165) is 24.2 Å². The maximum Gasteiger partial charge on any atom is 0.305 e. The van der Waals surface area contributed by atoms with Crippen LogP contribution < -0.4 is 4.90 Å². The van der Waals surface area contributed by atoms with Crippen molar-refractivity contribution in [2.24, 2.45) is 0 Å². The Morgan fingerprint density at radius 2 is 1.88 bits per heavy atom. The Labute approximate surface area is 155 Å². The number of anilines is 1. The normalized spacial score (nSPS) is 14.7. The molecule has 5 nitrogen and oxygen atoms in total. The van der Waals surface area contributed by atoms with Crippen LogP contribution in [0.3, 0.4) is 0 Å². The Kier molecular flexibility index (Phi) is 5.86. The summed E-state index contributed by atoms with van der Waals surface area (Å²) >= 11 is 0. The van der Waals surface area contributed by atoms with E-state index in [9.17, 15) is 4.79 Å². The molecule has 0 unspecified atom stereocenters. The summed E-state index contributed by atoms with van der Waals surface area (Å²) in [7, 11) is 0. The van der Waals surface area contributed by atoms with Crippen LogP contribution in [0, 0.1) is 0 Å². The average molecular weight is 353 g/mol. The van der Waals surface area contributed by atoms with Crippen molar-refractivity contribution in [3.05, 3.63) is 42.1 Å². The van der Waals surface area contributed by atoms with E-state index in [0.29, 0.717) is 24.3 Å². The number of benzene rings is 1. The largest absolute Gasteiger partial charge is 0.481 e. The van der Waals surface area contributed by atoms with Crippen LogP contribution in [0.5, 0.6) is 0 Å². The Balaban J connectivity index is 1.86. The number of aromatic nitrogens is 2. The number of carboxylic acids is 1. The summed E-state index contributed by atoms with van der Waals surface area (Å²) in [5.41, 5.74) is 2.28. The molecule has 1 fully saturated rings. The third-order valence-corrected chi connectivity index (χ3v) is 5.10. The molecule has 0 radical (unpaired) electrons. The summed E-state index contributed by atoms with van der Waals surface area (Å²) in [5.74, 6) is 1.24. The quantitative estimate of drug-likeness (QED) is 0.794. The lowest BCUT2D eigenvalue weighted by molar-refractivity contribution is -0.136. The second-order valence-electron chi connectivity index (χ2n) is 7.29. The van der Waals surface area contributed by atoms with Crippen molar-refractivity contribution in [3.63, 3.8) is 0 Å². The highest BCUT2D eigenvalue weighted by Crippen LogP contribution is 2.28. The molecule has 1 aromatic carbocycles. The first-order valence-electron chi connectivity index (χ1n) is 9.46. The number of carbonyl (C=O) groups is 1. The summed E-state index contributed by atoms with van der Waals surface area (Å²) in [6, 6.07) is 10.6. The summed E-state index contributed by atoms with van der Waals surface area (Å²) < 4.78 is 0. The van der Waals surface area contributed by atoms with E-state index in [1.54, 1.807) is 6.20 Å². The number of hydrogen-bond donors (Lipinski definition) is 1. The highest BCUT2D eigenvalue weighted by Gasteiger charge is 2.24. The summed E-state index contributed by atoms with van der Waals surface area (Å²) in [6.45, 7) is 4.84. The fraction of sp³-hybridized carbons (Fsp3) is 0.476. The molecule has 0 spiro atoms. The van der Waals surface area contributed by atoms with Crippen LogP contribution in [0.15, 0.2) is 36.5 Å². The molecule has 1 saturated carbocycles. The van der Waals surface area contributed by atoms with E-state index in [2.05, 4.69) is 48.0 Å². The predicted molar refractivity (Wildman–Crippen MR) is 103 cm³/mol. The van der Waals surface area contributed by atoms with Crippen LogP contribution >= 0.6 is 0 Å². The zero-order valence-electron chi connectivity index (χ0n) is 15.6. The number of rotatable bonds is 7. The van der Waals surface area contributed by atoms with Crippen molar-refractivity contribution in [3.8, 4) is 11.4 Å². The fourth-order valence-corrected chi connectivity index (χ4v) is 3.58. The van der Waals surface area contributed by atoms with Gasteiger partial charge in [-0.1, -0.05) is 51.0 Å². The number of carboxylic acid groups (broad SMARTS) is 1. The highest BCUT2D eigenvalue weighted by molar-refractivity contribution is 5.67. The van der Waals surface area contributed by atoms with Gasteiger partial charge in [-0.15, -0.1) is 0 Å². The van der Waals surface area contributed by atoms with Crippen LogP contribution in [0.4, 0.5) is 5.82 Å². The van der Waals surface area contributed by atoms with Crippen LogP contribution in [0.25, 0.3) is 11.4 Å². The van der Waals surface area contributed by atoms with Gasteiger partial charge in [-0.2, -0.15) is 0 Å². The van der Waals surface area contributed by atoms with Gasteiger partial charge in [0.25, 0.3) is 0 Å². The van der Waals surface area contributed by atoms with E-state index >= 15 is 0 Å². The Hall–Kier alpha value is -2.43. The molecule has 1 N–H and O–H groups in total. The Morgan fingerprint density at radius 1 is 1.19 bits per heavy atom. The molecule has 5 heteroatoms. The van der Waals surface area contributed by atoms with Gasteiger partial charge >= 0.3 is 5.97 Å².